The fourth-order valence-electron chi connectivity index (χ4n) is 0.386. The van der Waals surface area contributed by atoms with Gasteiger partial charge in [0.15, 0.2) is 0 Å². The summed E-state index contributed by atoms with van der Waals surface area (Å²) in [5, 5.41) is 2.29. The third kappa shape index (κ3) is 5.35. The van der Waals surface area contributed by atoms with Gasteiger partial charge in [-0.15, -0.1) is 0 Å². The predicted molar refractivity (Wildman–Crippen MR) is 38.8 cm³/mol. The highest BCUT2D eigenvalue weighted by molar-refractivity contribution is 5.84. The fraction of sp³-hybridized carbons (Fsp3) is 0.667. The van der Waals surface area contributed by atoms with Crippen molar-refractivity contribution < 1.29 is 14.3 Å². The average Bonchev–Trinajstić information content (AvgIpc) is 2.00. The van der Waals surface area contributed by atoms with Crippen molar-refractivity contribution in [2.45, 2.75) is 13.3 Å². The molecule has 1 amide bonds. The molecule has 0 aromatic carbocycles. The van der Waals surface area contributed by atoms with Gasteiger partial charge in [0.2, 0.25) is 0 Å². The van der Waals surface area contributed by atoms with E-state index in [1.807, 2.05) is 0 Å². The molecule has 0 aromatic heterocycles. The Bertz CT molecular complexity index is 147. The molecule has 0 aromatic rings. The number of rotatable bonds is 3. The van der Waals surface area contributed by atoms with Crippen molar-refractivity contribution >= 4 is 12.1 Å². The molecule has 0 fully saturated rings. The van der Waals surface area contributed by atoms with Crippen molar-refractivity contribution in [1.82, 2.24) is 5.32 Å². The lowest BCUT2D eigenvalue weighted by Crippen LogP contribution is -2.31. The second-order valence-electron chi connectivity index (χ2n) is 1.83. The number of nitrogens with one attached hydrogen (secondary N) is 1. The van der Waals surface area contributed by atoms with Gasteiger partial charge in [-0.2, -0.15) is 0 Å². The zero-order valence-electron chi connectivity index (χ0n) is 6.42. The largest absolute Gasteiger partial charge is 0.414 e. The highest BCUT2D eigenvalue weighted by atomic mass is 16.6. The number of ether oxygens (including phenoxy) is 1. The van der Waals surface area contributed by atoms with E-state index in [0.717, 1.165) is 0 Å². The minimum atomic E-state index is -0.734. The fourth-order valence-corrected chi connectivity index (χ4v) is 0.386. The molecule has 11 heavy (non-hydrogen) atoms. The number of amides is 1. The summed E-state index contributed by atoms with van der Waals surface area (Å²) in [7, 11) is 0. The molecular weight excluding hydrogens is 148 g/mol. The van der Waals surface area contributed by atoms with Crippen molar-refractivity contribution in [1.29, 1.82) is 0 Å². The van der Waals surface area contributed by atoms with Crippen molar-refractivity contribution in [2.24, 2.45) is 5.73 Å². The lowest BCUT2D eigenvalue weighted by atomic mass is 10.5. The Kier molecular flexibility index (Phi) is 5.10. The lowest BCUT2D eigenvalue weighted by molar-refractivity contribution is -0.136. The Morgan fingerprint density at radius 3 is 2.64 bits per heavy atom. The van der Waals surface area contributed by atoms with Crippen molar-refractivity contribution in [3.63, 3.8) is 0 Å². The zero-order valence-corrected chi connectivity index (χ0v) is 6.42. The van der Waals surface area contributed by atoms with Gasteiger partial charge in [0, 0.05) is 19.5 Å². The summed E-state index contributed by atoms with van der Waals surface area (Å²) in [4.78, 5) is 21.0. The topological polar surface area (TPSA) is 81.4 Å². The Labute approximate surface area is 64.9 Å². The van der Waals surface area contributed by atoms with Gasteiger partial charge in [-0.1, -0.05) is 6.92 Å². The van der Waals surface area contributed by atoms with Crippen LogP contribution in [-0.4, -0.2) is 25.2 Å². The standard InChI is InChI=1S/C6H12N2O3/c1-2-5(9)11-6(10)8-4-3-7/h2-4,7H2,1H3,(H,8,10). The van der Waals surface area contributed by atoms with Crippen LogP contribution in [0.1, 0.15) is 13.3 Å². The van der Waals surface area contributed by atoms with Crippen LogP contribution in [0.5, 0.6) is 0 Å². The molecular formula is C6H12N2O3. The van der Waals surface area contributed by atoms with Crippen LogP contribution in [0.3, 0.4) is 0 Å². The number of esters is 1. The molecule has 0 radical (unpaired) electrons. The number of hydrogen-bond donors (Lipinski definition) is 2. The van der Waals surface area contributed by atoms with Gasteiger partial charge in [-0.05, 0) is 0 Å². The molecule has 0 atom stereocenters. The van der Waals surface area contributed by atoms with Crippen molar-refractivity contribution in [2.75, 3.05) is 13.1 Å². The van der Waals surface area contributed by atoms with Gasteiger partial charge in [-0.3, -0.25) is 4.79 Å². The maximum atomic E-state index is 10.6. The summed E-state index contributed by atoms with van der Waals surface area (Å²) in [6.45, 7) is 2.25. The van der Waals surface area contributed by atoms with E-state index in [1.54, 1.807) is 6.92 Å². The van der Waals surface area contributed by atoms with E-state index in [4.69, 9.17) is 5.73 Å². The average molecular weight is 160 g/mol. The molecule has 0 aliphatic carbocycles. The van der Waals surface area contributed by atoms with Crippen molar-refractivity contribution in [3.05, 3.63) is 0 Å². The van der Waals surface area contributed by atoms with E-state index in [2.05, 4.69) is 10.1 Å². The Morgan fingerprint density at radius 1 is 1.55 bits per heavy atom. The molecule has 0 aliphatic rings. The SMILES string of the molecule is CCC(=O)OC(=O)NCCN. The number of hydrogen-bond acceptors (Lipinski definition) is 4. The highest BCUT2D eigenvalue weighted by Gasteiger charge is 2.05. The van der Waals surface area contributed by atoms with Crippen LogP contribution in [0.2, 0.25) is 0 Å². The molecule has 0 saturated heterocycles. The quantitative estimate of drug-likeness (QED) is 0.435. The van der Waals surface area contributed by atoms with Crippen LogP contribution in [0.4, 0.5) is 4.79 Å². The molecule has 0 spiro atoms. The van der Waals surface area contributed by atoms with Crippen molar-refractivity contribution in [3.8, 4) is 0 Å². The van der Waals surface area contributed by atoms with Crippen LogP contribution >= 0.6 is 0 Å². The number of nitrogens with two attached hydrogens (primary N) is 1. The second-order valence-corrected chi connectivity index (χ2v) is 1.83. The van der Waals surface area contributed by atoms with E-state index in [9.17, 15) is 9.59 Å². The first-order valence-electron chi connectivity index (χ1n) is 3.39. The monoisotopic (exact) mass is 160 g/mol. The molecule has 0 aliphatic heterocycles. The minimum absolute atomic E-state index is 0.191. The summed E-state index contributed by atoms with van der Waals surface area (Å²) in [5.41, 5.74) is 5.08. The third-order valence-electron chi connectivity index (χ3n) is 0.909. The maximum Gasteiger partial charge on any atom is 0.414 e. The van der Waals surface area contributed by atoms with E-state index in [0.29, 0.717) is 13.1 Å². The summed E-state index contributed by atoms with van der Waals surface area (Å²) in [6, 6.07) is 0. The highest BCUT2D eigenvalue weighted by Crippen LogP contribution is 1.84. The molecule has 0 saturated carbocycles. The molecule has 64 valence electrons. The Hall–Kier alpha value is -1.10. The Morgan fingerprint density at radius 2 is 2.18 bits per heavy atom. The number of carbonyl (C=O) groups excluding carboxylic acids is 2. The van der Waals surface area contributed by atoms with Crippen LogP contribution in [0.25, 0.3) is 0 Å². The third-order valence-corrected chi connectivity index (χ3v) is 0.909. The molecule has 3 N–H and O–H groups in total. The van der Waals surface area contributed by atoms with Gasteiger partial charge in [0.1, 0.15) is 0 Å². The zero-order chi connectivity index (χ0) is 8.69. The second kappa shape index (κ2) is 5.67. The summed E-state index contributed by atoms with van der Waals surface area (Å²) >= 11 is 0. The van der Waals surface area contributed by atoms with Gasteiger partial charge in [0.25, 0.3) is 0 Å². The molecule has 0 bridgehead atoms. The van der Waals surface area contributed by atoms with Crippen LogP contribution in [0.15, 0.2) is 0 Å². The van der Waals surface area contributed by atoms with Gasteiger partial charge < -0.3 is 15.8 Å². The van der Waals surface area contributed by atoms with Crippen LogP contribution in [-0.2, 0) is 9.53 Å². The summed E-state index contributed by atoms with van der Waals surface area (Å²) in [5.74, 6) is -0.542. The summed E-state index contributed by atoms with van der Waals surface area (Å²) in [6.07, 6.45) is -0.543. The van der Waals surface area contributed by atoms with Gasteiger partial charge in [-0.25, -0.2) is 4.79 Å². The van der Waals surface area contributed by atoms with Gasteiger partial charge >= 0.3 is 12.1 Å². The first-order valence-corrected chi connectivity index (χ1v) is 3.39. The minimum Gasteiger partial charge on any atom is -0.376 e. The van der Waals surface area contributed by atoms with Crippen LogP contribution < -0.4 is 11.1 Å². The maximum absolute atomic E-state index is 10.6. The molecule has 0 unspecified atom stereocenters. The molecule has 0 heterocycles. The van der Waals surface area contributed by atoms with Gasteiger partial charge in [0.05, 0.1) is 0 Å². The normalized spacial score (nSPS) is 8.91. The van der Waals surface area contributed by atoms with E-state index >= 15 is 0 Å². The Balaban J connectivity index is 3.44. The predicted octanol–water partition coefficient (Wildman–Crippen LogP) is -0.392. The smallest absolute Gasteiger partial charge is 0.376 e. The van der Waals surface area contributed by atoms with E-state index in [-0.39, 0.29) is 6.42 Å². The van der Waals surface area contributed by atoms with Crippen LogP contribution in [0, 0.1) is 0 Å². The number of carbonyl (C=O) groups is 2. The lowest BCUT2D eigenvalue weighted by Gasteiger charge is -2.01. The first kappa shape index (κ1) is 9.90. The van der Waals surface area contributed by atoms with E-state index < -0.39 is 12.1 Å². The van der Waals surface area contributed by atoms with E-state index in [1.165, 1.54) is 0 Å². The molecule has 5 nitrogen and oxygen atoms in total. The summed E-state index contributed by atoms with van der Waals surface area (Å²) < 4.78 is 4.26. The first-order chi connectivity index (χ1) is 5.20. The molecule has 5 heteroatoms. The molecule has 0 rings (SSSR count). The number of alkyl carbamates (subject to hydrolysis) is 1.